The van der Waals surface area contributed by atoms with Crippen LogP contribution in [0.2, 0.25) is 0 Å². The molecule has 1 aromatic heterocycles. The molecule has 0 bridgehead atoms. The zero-order valence-corrected chi connectivity index (χ0v) is 15.9. The number of benzene rings is 2. The Morgan fingerprint density at radius 2 is 1.93 bits per heavy atom. The summed E-state index contributed by atoms with van der Waals surface area (Å²) in [6.07, 6.45) is 2.53. The smallest absolute Gasteiger partial charge is 0.346 e. The maximum Gasteiger partial charge on any atom is 0.346 e. The maximum absolute atomic E-state index is 5.96. The number of para-hydroxylation sites is 1. The van der Waals surface area contributed by atoms with Crippen LogP contribution < -0.4 is 14.8 Å². The summed E-state index contributed by atoms with van der Waals surface area (Å²) in [4.78, 5) is 0. The number of hydrogen-bond donors (Lipinski definition) is 1. The lowest BCUT2D eigenvalue weighted by Crippen LogP contribution is -2.15. The summed E-state index contributed by atoms with van der Waals surface area (Å²) in [7, 11) is 0. The van der Waals surface area contributed by atoms with Gasteiger partial charge >= 0.3 is 6.01 Å². The molecular weight excluding hydrogens is 366 g/mol. The molecule has 1 aliphatic carbocycles. The van der Waals surface area contributed by atoms with Crippen molar-refractivity contribution in [2.75, 3.05) is 6.61 Å². The first-order valence-corrected chi connectivity index (χ1v) is 8.84. The molecule has 0 amide bonds. The first-order valence-electron chi connectivity index (χ1n) is 8.84. The zero-order valence-electron chi connectivity index (χ0n) is 15.0. The van der Waals surface area contributed by atoms with E-state index in [9.17, 15) is 0 Å². The molecule has 27 heavy (non-hydrogen) atoms. The number of ether oxygens (including phenoxy) is 2. The van der Waals surface area contributed by atoms with Crippen LogP contribution in [-0.4, -0.2) is 32.9 Å². The van der Waals surface area contributed by atoms with E-state index in [1.165, 1.54) is 12.8 Å². The number of halogens is 1. The van der Waals surface area contributed by atoms with Crippen molar-refractivity contribution in [3.8, 4) is 23.2 Å². The number of rotatable bonds is 8. The van der Waals surface area contributed by atoms with Gasteiger partial charge in [0.1, 0.15) is 0 Å². The quantitative estimate of drug-likeness (QED) is 0.637. The average Bonchev–Trinajstić information content (AvgIpc) is 3.39. The van der Waals surface area contributed by atoms with Crippen LogP contribution in [0.15, 0.2) is 48.5 Å². The molecule has 0 spiro atoms. The van der Waals surface area contributed by atoms with E-state index in [0.29, 0.717) is 30.2 Å². The van der Waals surface area contributed by atoms with Crippen LogP contribution in [0.1, 0.15) is 25.3 Å². The average molecular weight is 388 g/mol. The second kappa shape index (κ2) is 8.83. The predicted molar refractivity (Wildman–Crippen MR) is 104 cm³/mol. The summed E-state index contributed by atoms with van der Waals surface area (Å²) < 4.78 is 13.3. The number of nitrogens with zero attached hydrogens (tertiary/aromatic N) is 4. The third-order valence-electron chi connectivity index (χ3n) is 4.12. The van der Waals surface area contributed by atoms with E-state index in [-0.39, 0.29) is 12.4 Å². The number of nitrogens with one attached hydrogen (secondary N) is 1. The van der Waals surface area contributed by atoms with Crippen LogP contribution in [0.3, 0.4) is 0 Å². The number of tetrazole rings is 1. The molecule has 1 N–H and O–H groups in total. The van der Waals surface area contributed by atoms with Crippen molar-refractivity contribution in [1.29, 1.82) is 0 Å². The minimum Gasteiger partial charge on any atom is -0.490 e. The Morgan fingerprint density at radius 3 is 2.67 bits per heavy atom. The highest BCUT2D eigenvalue weighted by Gasteiger charge is 2.20. The largest absolute Gasteiger partial charge is 0.490 e. The lowest BCUT2D eigenvalue weighted by molar-refractivity contribution is 0.315. The fourth-order valence-corrected chi connectivity index (χ4v) is 2.64. The van der Waals surface area contributed by atoms with E-state index in [1.54, 1.807) is 4.68 Å². The monoisotopic (exact) mass is 387 g/mol. The van der Waals surface area contributed by atoms with Crippen LogP contribution >= 0.6 is 12.4 Å². The topological polar surface area (TPSA) is 74.1 Å². The van der Waals surface area contributed by atoms with Gasteiger partial charge in [0, 0.05) is 12.6 Å². The van der Waals surface area contributed by atoms with E-state index < -0.39 is 0 Å². The molecule has 2 aromatic carbocycles. The number of aromatic nitrogens is 4. The van der Waals surface area contributed by atoms with Gasteiger partial charge in [0.15, 0.2) is 11.5 Å². The van der Waals surface area contributed by atoms with Crippen molar-refractivity contribution < 1.29 is 9.47 Å². The lowest BCUT2D eigenvalue weighted by atomic mass is 10.2. The minimum atomic E-state index is 0. The molecular formula is C19H22ClN5O2. The Balaban J connectivity index is 0.00000210. The Kier molecular flexibility index (Phi) is 6.26. The Hall–Kier alpha value is -2.64. The van der Waals surface area contributed by atoms with Gasteiger partial charge in [0.2, 0.25) is 0 Å². The first-order chi connectivity index (χ1) is 12.8. The summed E-state index contributed by atoms with van der Waals surface area (Å²) in [5.74, 6) is 1.28. The Bertz CT molecular complexity index is 868. The molecule has 4 rings (SSSR count). The number of hydrogen-bond acceptors (Lipinski definition) is 6. The van der Waals surface area contributed by atoms with Crippen LogP contribution in [-0.2, 0) is 6.54 Å². The minimum absolute atomic E-state index is 0. The van der Waals surface area contributed by atoms with Gasteiger partial charge in [-0.2, -0.15) is 4.68 Å². The molecule has 0 unspecified atom stereocenters. The fourth-order valence-electron chi connectivity index (χ4n) is 2.64. The van der Waals surface area contributed by atoms with Gasteiger partial charge in [-0.25, -0.2) is 0 Å². The lowest BCUT2D eigenvalue weighted by Gasteiger charge is -2.13. The van der Waals surface area contributed by atoms with E-state index in [4.69, 9.17) is 9.47 Å². The van der Waals surface area contributed by atoms with Gasteiger partial charge in [-0.15, -0.1) is 12.4 Å². The van der Waals surface area contributed by atoms with Crippen LogP contribution in [0.5, 0.6) is 17.5 Å². The van der Waals surface area contributed by atoms with Crippen LogP contribution in [0.25, 0.3) is 5.69 Å². The van der Waals surface area contributed by atoms with Crippen molar-refractivity contribution >= 4 is 12.4 Å². The standard InChI is InChI=1S/C19H21N5O2.ClH/c1-2-25-18-12-14(13-20-15-9-10-15)8-11-17(18)26-19-21-22-23-24(19)16-6-4-3-5-7-16;/h3-8,11-12,15,20H,2,9-10,13H2,1H3;1H. The normalized spacial score (nSPS) is 13.1. The highest BCUT2D eigenvalue weighted by Crippen LogP contribution is 2.32. The molecule has 0 aliphatic heterocycles. The summed E-state index contributed by atoms with van der Waals surface area (Å²) in [5.41, 5.74) is 1.99. The Morgan fingerprint density at radius 1 is 1.11 bits per heavy atom. The predicted octanol–water partition coefficient (Wildman–Crippen LogP) is 3.53. The highest BCUT2D eigenvalue weighted by molar-refractivity contribution is 5.85. The third-order valence-corrected chi connectivity index (χ3v) is 4.12. The van der Waals surface area contributed by atoms with Crippen molar-refractivity contribution in [1.82, 2.24) is 25.5 Å². The molecule has 3 aromatic rings. The summed E-state index contributed by atoms with van der Waals surface area (Å²) in [6.45, 7) is 3.33. The van der Waals surface area contributed by atoms with Crippen molar-refractivity contribution in [3.63, 3.8) is 0 Å². The fraction of sp³-hybridized carbons (Fsp3) is 0.316. The van der Waals surface area contributed by atoms with Crippen LogP contribution in [0, 0.1) is 0 Å². The van der Waals surface area contributed by atoms with E-state index in [1.807, 2.05) is 55.5 Å². The summed E-state index contributed by atoms with van der Waals surface area (Å²) >= 11 is 0. The molecule has 0 saturated heterocycles. The van der Waals surface area contributed by atoms with Crippen LogP contribution in [0.4, 0.5) is 0 Å². The molecule has 7 nitrogen and oxygen atoms in total. The molecule has 1 fully saturated rings. The molecule has 0 radical (unpaired) electrons. The van der Waals surface area contributed by atoms with Gasteiger partial charge in [0.25, 0.3) is 0 Å². The molecule has 1 aliphatic rings. The second-order valence-electron chi connectivity index (χ2n) is 6.18. The maximum atomic E-state index is 5.96. The first kappa shape index (κ1) is 19.1. The van der Waals surface area contributed by atoms with E-state index in [0.717, 1.165) is 17.8 Å². The summed E-state index contributed by atoms with van der Waals surface area (Å²) in [6, 6.07) is 16.5. The van der Waals surface area contributed by atoms with Gasteiger partial charge in [-0.1, -0.05) is 29.4 Å². The highest BCUT2D eigenvalue weighted by atomic mass is 35.5. The molecule has 1 saturated carbocycles. The van der Waals surface area contributed by atoms with E-state index >= 15 is 0 Å². The van der Waals surface area contributed by atoms with E-state index in [2.05, 4.69) is 20.8 Å². The third kappa shape index (κ3) is 4.75. The van der Waals surface area contributed by atoms with Gasteiger partial charge < -0.3 is 14.8 Å². The van der Waals surface area contributed by atoms with Crippen molar-refractivity contribution in [3.05, 3.63) is 54.1 Å². The Labute approximate surface area is 164 Å². The molecule has 8 heteroatoms. The van der Waals surface area contributed by atoms with Crippen molar-refractivity contribution in [2.24, 2.45) is 0 Å². The zero-order chi connectivity index (χ0) is 17.8. The molecule has 0 atom stereocenters. The van der Waals surface area contributed by atoms with Crippen molar-refractivity contribution in [2.45, 2.75) is 32.4 Å². The SMILES string of the molecule is CCOc1cc(CNC2CC2)ccc1Oc1nnnn1-c1ccccc1.Cl. The van der Waals surface area contributed by atoms with Gasteiger partial charge in [-0.05, 0) is 60.0 Å². The van der Waals surface area contributed by atoms with Gasteiger partial charge in [-0.3, -0.25) is 0 Å². The molecule has 1 heterocycles. The second-order valence-corrected chi connectivity index (χ2v) is 6.18. The summed E-state index contributed by atoms with van der Waals surface area (Å²) in [5, 5.41) is 15.2. The van der Waals surface area contributed by atoms with Gasteiger partial charge in [0.05, 0.1) is 12.3 Å². The molecule has 142 valence electrons.